The predicted octanol–water partition coefficient (Wildman–Crippen LogP) is 3.04. The van der Waals surface area contributed by atoms with E-state index in [2.05, 4.69) is 27.1 Å². The van der Waals surface area contributed by atoms with Gasteiger partial charge in [0.1, 0.15) is 12.1 Å². The number of hydrogen-bond acceptors (Lipinski definition) is 4. The number of nitrogens with zero attached hydrogens (tertiary/aromatic N) is 4. The molecule has 4 rings (SSSR count). The Morgan fingerprint density at radius 1 is 1.48 bits per heavy atom. The van der Waals surface area contributed by atoms with Gasteiger partial charge in [-0.25, -0.2) is 4.98 Å². The standard InChI is InChI=1S/C19H19N5O/c1-12-9-15-18-14(5-7-21-16(18)10-22-19(15)23-12)13-3-2-8-24(11-13)17(25)4-6-20/h5,7,9-10,13H,2-4,8,11H2,1H3,(H,22,23). The first-order chi connectivity index (χ1) is 12.2. The van der Waals surface area contributed by atoms with Crippen LogP contribution in [0.25, 0.3) is 21.9 Å². The van der Waals surface area contributed by atoms with Crippen molar-refractivity contribution in [1.82, 2.24) is 19.9 Å². The highest BCUT2D eigenvalue weighted by atomic mass is 16.2. The number of aryl methyl sites for hydroxylation is 1. The molecule has 1 saturated heterocycles. The SMILES string of the molecule is Cc1cc2c(ncc3nccc(C4CCCN(C(=O)CC#N)C4)c32)[nH]1. The molecule has 6 heteroatoms. The maximum absolute atomic E-state index is 12.1. The van der Waals surface area contributed by atoms with Gasteiger partial charge in [0.15, 0.2) is 0 Å². The molecule has 0 spiro atoms. The van der Waals surface area contributed by atoms with Gasteiger partial charge in [-0.05, 0) is 37.5 Å². The molecule has 0 bridgehead atoms. The highest BCUT2D eigenvalue weighted by molar-refractivity contribution is 6.05. The van der Waals surface area contributed by atoms with Crippen LogP contribution < -0.4 is 0 Å². The number of carbonyl (C=O) groups excluding carboxylic acids is 1. The number of rotatable bonds is 2. The molecule has 0 saturated carbocycles. The summed E-state index contributed by atoms with van der Waals surface area (Å²) >= 11 is 0. The normalized spacial score (nSPS) is 17.8. The molecule has 0 aliphatic carbocycles. The van der Waals surface area contributed by atoms with Crippen molar-refractivity contribution in [2.24, 2.45) is 0 Å². The number of likely N-dealkylation sites (tertiary alicyclic amines) is 1. The van der Waals surface area contributed by atoms with Crippen molar-refractivity contribution in [1.29, 1.82) is 5.26 Å². The van der Waals surface area contributed by atoms with Crippen LogP contribution >= 0.6 is 0 Å². The molecule has 25 heavy (non-hydrogen) atoms. The van der Waals surface area contributed by atoms with E-state index in [0.717, 1.165) is 47.0 Å². The third-order valence-electron chi connectivity index (χ3n) is 4.97. The monoisotopic (exact) mass is 333 g/mol. The van der Waals surface area contributed by atoms with E-state index in [1.54, 1.807) is 6.20 Å². The van der Waals surface area contributed by atoms with Crippen LogP contribution in [-0.4, -0.2) is 38.8 Å². The molecule has 1 N–H and O–H groups in total. The topological polar surface area (TPSA) is 85.7 Å². The van der Waals surface area contributed by atoms with Gasteiger partial charge in [-0.2, -0.15) is 5.26 Å². The first-order valence-corrected chi connectivity index (χ1v) is 8.55. The lowest BCUT2D eigenvalue weighted by atomic mass is 9.88. The highest BCUT2D eigenvalue weighted by Gasteiger charge is 2.26. The molecule has 1 atom stereocenters. The number of pyridine rings is 2. The number of hydrogen-bond donors (Lipinski definition) is 1. The van der Waals surface area contributed by atoms with E-state index in [0.29, 0.717) is 6.54 Å². The first kappa shape index (κ1) is 15.6. The Hall–Kier alpha value is -2.94. The second-order valence-corrected chi connectivity index (χ2v) is 6.65. The number of piperidine rings is 1. The minimum Gasteiger partial charge on any atom is -0.344 e. The zero-order valence-electron chi connectivity index (χ0n) is 14.1. The Kier molecular flexibility index (Phi) is 3.85. The van der Waals surface area contributed by atoms with Crippen molar-refractivity contribution < 1.29 is 4.79 Å². The summed E-state index contributed by atoms with van der Waals surface area (Å²) in [7, 11) is 0. The van der Waals surface area contributed by atoms with Gasteiger partial charge in [0, 0.05) is 41.7 Å². The van der Waals surface area contributed by atoms with Crippen molar-refractivity contribution in [3.63, 3.8) is 0 Å². The number of carbonyl (C=O) groups is 1. The largest absolute Gasteiger partial charge is 0.344 e. The number of amides is 1. The van der Waals surface area contributed by atoms with Crippen molar-refractivity contribution in [2.45, 2.75) is 32.1 Å². The van der Waals surface area contributed by atoms with Crippen LogP contribution in [0.15, 0.2) is 24.5 Å². The lowest BCUT2D eigenvalue weighted by Crippen LogP contribution is -2.38. The van der Waals surface area contributed by atoms with E-state index < -0.39 is 0 Å². The van der Waals surface area contributed by atoms with Crippen LogP contribution in [0.4, 0.5) is 0 Å². The van der Waals surface area contributed by atoms with Gasteiger partial charge in [0.25, 0.3) is 0 Å². The van der Waals surface area contributed by atoms with Crippen molar-refractivity contribution >= 4 is 27.8 Å². The molecule has 1 fully saturated rings. The third-order valence-corrected chi connectivity index (χ3v) is 4.97. The molecule has 6 nitrogen and oxygen atoms in total. The van der Waals surface area contributed by atoms with Gasteiger partial charge in [0.2, 0.25) is 5.91 Å². The second-order valence-electron chi connectivity index (χ2n) is 6.65. The summed E-state index contributed by atoms with van der Waals surface area (Å²) in [5, 5.41) is 11.0. The molecule has 1 unspecified atom stereocenters. The van der Waals surface area contributed by atoms with Gasteiger partial charge in [-0.1, -0.05) is 0 Å². The maximum Gasteiger partial charge on any atom is 0.236 e. The summed E-state index contributed by atoms with van der Waals surface area (Å²) < 4.78 is 0. The van der Waals surface area contributed by atoms with Crippen LogP contribution in [0.1, 0.15) is 36.4 Å². The summed E-state index contributed by atoms with van der Waals surface area (Å²) in [5.74, 6) is 0.178. The van der Waals surface area contributed by atoms with E-state index in [4.69, 9.17) is 5.26 Å². The lowest BCUT2D eigenvalue weighted by molar-refractivity contribution is -0.131. The van der Waals surface area contributed by atoms with Gasteiger partial charge >= 0.3 is 0 Å². The Balaban J connectivity index is 1.79. The van der Waals surface area contributed by atoms with Gasteiger partial charge in [-0.15, -0.1) is 0 Å². The summed E-state index contributed by atoms with van der Waals surface area (Å²) in [4.78, 5) is 26.2. The molecule has 0 aromatic carbocycles. The average Bonchev–Trinajstić information content (AvgIpc) is 3.02. The summed E-state index contributed by atoms with van der Waals surface area (Å²) in [6.45, 7) is 3.42. The Morgan fingerprint density at radius 2 is 2.36 bits per heavy atom. The highest BCUT2D eigenvalue weighted by Crippen LogP contribution is 2.35. The van der Waals surface area contributed by atoms with E-state index in [1.165, 1.54) is 5.56 Å². The Bertz CT molecular complexity index is 1000. The molecule has 4 heterocycles. The first-order valence-electron chi connectivity index (χ1n) is 8.55. The van der Waals surface area contributed by atoms with Gasteiger partial charge in [0.05, 0.1) is 17.8 Å². The molecule has 3 aromatic rings. The fourth-order valence-corrected chi connectivity index (χ4v) is 3.86. The minimum atomic E-state index is -0.0742. The average molecular weight is 333 g/mol. The third kappa shape index (κ3) is 2.72. The van der Waals surface area contributed by atoms with Crippen molar-refractivity contribution in [3.8, 4) is 6.07 Å². The zero-order valence-corrected chi connectivity index (χ0v) is 14.1. The quantitative estimate of drug-likeness (QED) is 0.781. The maximum atomic E-state index is 12.1. The fourth-order valence-electron chi connectivity index (χ4n) is 3.86. The smallest absolute Gasteiger partial charge is 0.236 e. The van der Waals surface area contributed by atoms with E-state index in [9.17, 15) is 4.79 Å². The second kappa shape index (κ2) is 6.17. The van der Waals surface area contributed by atoms with Crippen molar-refractivity contribution in [2.75, 3.05) is 13.1 Å². The van der Waals surface area contributed by atoms with Gasteiger partial charge in [-0.3, -0.25) is 9.78 Å². The number of aromatic nitrogens is 3. The van der Waals surface area contributed by atoms with Crippen LogP contribution in [0.2, 0.25) is 0 Å². The van der Waals surface area contributed by atoms with Crippen LogP contribution in [-0.2, 0) is 4.79 Å². The minimum absolute atomic E-state index is 0.0466. The molecular weight excluding hydrogens is 314 g/mol. The molecule has 3 aromatic heterocycles. The van der Waals surface area contributed by atoms with E-state index in [1.807, 2.05) is 24.1 Å². The van der Waals surface area contributed by atoms with Crippen molar-refractivity contribution in [3.05, 3.63) is 35.8 Å². The van der Waals surface area contributed by atoms with Crippen LogP contribution in [0.5, 0.6) is 0 Å². The molecule has 1 aliphatic heterocycles. The number of fused-ring (bicyclic) bond motifs is 3. The number of aromatic amines is 1. The lowest BCUT2D eigenvalue weighted by Gasteiger charge is -2.33. The fraction of sp³-hybridized carbons (Fsp3) is 0.368. The molecule has 0 radical (unpaired) electrons. The summed E-state index contributed by atoms with van der Waals surface area (Å²) in [5.41, 5.74) is 4.03. The summed E-state index contributed by atoms with van der Waals surface area (Å²) in [6.07, 6.45) is 5.56. The molecule has 1 aliphatic rings. The van der Waals surface area contributed by atoms with E-state index in [-0.39, 0.29) is 18.2 Å². The Morgan fingerprint density at radius 3 is 3.20 bits per heavy atom. The summed E-state index contributed by atoms with van der Waals surface area (Å²) in [6, 6.07) is 6.13. The van der Waals surface area contributed by atoms with Crippen LogP contribution in [0.3, 0.4) is 0 Å². The Labute approximate surface area is 145 Å². The van der Waals surface area contributed by atoms with Gasteiger partial charge < -0.3 is 9.88 Å². The number of nitriles is 1. The predicted molar refractivity (Wildman–Crippen MR) is 94.9 cm³/mol. The zero-order chi connectivity index (χ0) is 17.4. The van der Waals surface area contributed by atoms with E-state index >= 15 is 0 Å². The number of H-pyrrole nitrogens is 1. The molecular formula is C19H19N5O. The number of nitrogens with one attached hydrogen (secondary N) is 1. The van der Waals surface area contributed by atoms with Crippen LogP contribution in [0, 0.1) is 18.3 Å². The molecule has 126 valence electrons. The molecule has 1 amide bonds.